The number of pyridine rings is 1. The number of anilines is 1. The molecule has 4 rings (SSSR count). The molecule has 9 heteroatoms. The Morgan fingerprint density at radius 2 is 1.86 bits per heavy atom. The molecule has 29 heavy (non-hydrogen) atoms. The van der Waals surface area contributed by atoms with Crippen molar-refractivity contribution in [1.29, 1.82) is 0 Å². The minimum atomic E-state index is -0.620. The summed E-state index contributed by atoms with van der Waals surface area (Å²) in [6.07, 6.45) is 3.30. The number of nitrogens with one attached hydrogen (secondary N) is 1. The number of ether oxygens (including phenoxy) is 1. The first-order chi connectivity index (χ1) is 14.0. The monoisotopic (exact) mass is 396 g/mol. The molecule has 0 bridgehead atoms. The average molecular weight is 396 g/mol. The summed E-state index contributed by atoms with van der Waals surface area (Å²) in [6, 6.07) is 5.80. The van der Waals surface area contributed by atoms with Crippen LogP contribution in [0.3, 0.4) is 0 Å². The normalized spacial score (nSPS) is 11.1. The van der Waals surface area contributed by atoms with E-state index in [4.69, 9.17) is 4.74 Å². The number of methoxy groups -OCH3 is 1. The fraction of sp³-hybridized carbons (Fsp3) is 0.200. The number of hydrogen-bond acceptors (Lipinski definition) is 6. The third kappa shape index (κ3) is 3.35. The molecule has 1 N–H and O–H groups in total. The smallest absolute Gasteiger partial charge is 0.170 e. The summed E-state index contributed by atoms with van der Waals surface area (Å²) in [4.78, 5) is 8.67. The van der Waals surface area contributed by atoms with Gasteiger partial charge in [0.2, 0.25) is 0 Å². The minimum Gasteiger partial charge on any atom is -0.493 e. The van der Waals surface area contributed by atoms with Gasteiger partial charge in [0.15, 0.2) is 17.2 Å². The first-order valence-electron chi connectivity index (χ1n) is 8.87. The lowest BCUT2D eigenvalue weighted by Crippen LogP contribution is -2.08. The van der Waals surface area contributed by atoms with Crippen LogP contribution in [0.4, 0.5) is 14.6 Å². The second-order valence-corrected chi connectivity index (χ2v) is 6.47. The Morgan fingerprint density at radius 1 is 1.07 bits per heavy atom. The molecule has 0 aliphatic carbocycles. The standard InChI is InChI=1S/C20H18F2N6O/c1-11-14(8-23-12(2)26-11)13-4-7-18(28-10-25-27-20(13)28)24-9-15-16(21)5-6-17(22)19(15)29-3/h4-8,10,24H,9H2,1-3H3. The zero-order chi connectivity index (χ0) is 20.5. The maximum absolute atomic E-state index is 14.2. The molecule has 0 radical (unpaired) electrons. The molecule has 0 fully saturated rings. The Kier molecular flexibility index (Phi) is 4.79. The van der Waals surface area contributed by atoms with Gasteiger partial charge in [-0.05, 0) is 38.1 Å². The molecule has 3 heterocycles. The first kappa shape index (κ1) is 18.7. The van der Waals surface area contributed by atoms with Crippen molar-refractivity contribution >= 4 is 11.5 Å². The molecule has 3 aromatic heterocycles. The van der Waals surface area contributed by atoms with Crippen LogP contribution in [0, 0.1) is 25.5 Å². The zero-order valence-electron chi connectivity index (χ0n) is 16.1. The van der Waals surface area contributed by atoms with Gasteiger partial charge in [-0.15, -0.1) is 10.2 Å². The second-order valence-electron chi connectivity index (χ2n) is 6.47. The van der Waals surface area contributed by atoms with Gasteiger partial charge < -0.3 is 10.1 Å². The van der Waals surface area contributed by atoms with E-state index in [0.29, 0.717) is 17.3 Å². The molecule has 0 atom stereocenters. The molecule has 7 nitrogen and oxygen atoms in total. The van der Waals surface area contributed by atoms with Crippen LogP contribution >= 0.6 is 0 Å². The van der Waals surface area contributed by atoms with Crippen LogP contribution in [0.1, 0.15) is 17.1 Å². The van der Waals surface area contributed by atoms with Crippen molar-refractivity contribution in [3.63, 3.8) is 0 Å². The van der Waals surface area contributed by atoms with Gasteiger partial charge in [-0.3, -0.25) is 4.40 Å². The highest BCUT2D eigenvalue weighted by Gasteiger charge is 2.16. The molecular formula is C20H18F2N6O. The Hall–Kier alpha value is -3.62. The zero-order valence-corrected chi connectivity index (χ0v) is 16.1. The minimum absolute atomic E-state index is 0.0199. The highest BCUT2D eigenvalue weighted by Crippen LogP contribution is 2.29. The van der Waals surface area contributed by atoms with E-state index in [1.165, 1.54) is 7.11 Å². The number of aromatic nitrogens is 5. The van der Waals surface area contributed by atoms with E-state index >= 15 is 0 Å². The van der Waals surface area contributed by atoms with Crippen LogP contribution in [-0.2, 0) is 6.54 Å². The highest BCUT2D eigenvalue weighted by molar-refractivity contribution is 5.79. The molecule has 148 valence electrons. The van der Waals surface area contributed by atoms with E-state index in [9.17, 15) is 8.78 Å². The van der Waals surface area contributed by atoms with Crippen molar-refractivity contribution in [3.05, 3.63) is 65.5 Å². The summed E-state index contributed by atoms with van der Waals surface area (Å²) < 4.78 is 34.9. The van der Waals surface area contributed by atoms with Crippen LogP contribution in [0.5, 0.6) is 5.75 Å². The molecule has 0 aliphatic rings. The van der Waals surface area contributed by atoms with Crippen LogP contribution in [-0.4, -0.2) is 31.7 Å². The predicted octanol–water partition coefficient (Wildman–Crippen LogP) is 3.70. The topological polar surface area (TPSA) is 77.2 Å². The number of nitrogens with zero attached hydrogens (tertiary/aromatic N) is 5. The molecule has 0 amide bonds. The Balaban J connectivity index is 1.71. The van der Waals surface area contributed by atoms with Gasteiger partial charge in [-0.25, -0.2) is 18.7 Å². The lowest BCUT2D eigenvalue weighted by Gasteiger charge is -2.14. The summed E-state index contributed by atoms with van der Waals surface area (Å²) in [5.74, 6) is 0.00456. The predicted molar refractivity (Wildman–Crippen MR) is 104 cm³/mol. The van der Waals surface area contributed by atoms with Gasteiger partial charge in [0.25, 0.3) is 0 Å². The maximum Gasteiger partial charge on any atom is 0.170 e. The van der Waals surface area contributed by atoms with Crippen molar-refractivity contribution in [2.75, 3.05) is 12.4 Å². The SMILES string of the molecule is COc1c(F)ccc(F)c1CNc1ccc(-c2cnc(C)nc2C)c2nncn12. The summed E-state index contributed by atoms with van der Waals surface area (Å²) in [5, 5.41) is 11.3. The molecule has 0 aliphatic heterocycles. The van der Waals surface area contributed by atoms with Gasteiger partial charge in [0.05, 0.1) is 12.7 Å². The van der Waals surface area contributed by atoms with E-state index in [0.717, 1.165) is 29.0 Å². The number of aryl methyl sites for hydroxylation is 2. The van der Waals surface area contributed by atoms with Crippen LogP contribution in [0.2, 0.25) is 0 Å². The molecule has 0 saturated heterocycles. The van der Waals surface area contributed by atoms with Crippen molar-refractivity contribution in [2.24, 2.45) is 0 Å². The molecule has 0 spiro atoms. The molecule has 4 aromatic rings. The summed E-state index contributed by atoms with van der Waals surface area (Å²) >= 11 is 0. The maximum atomic E-state index is 14.2. The van der Waals surface area contributed by atoms with Gasteiger partial charge in [0, 0.05) is 29.6 Å². The van der Waals surface area contributed by atoms with E-state index in [-0.39, 0.29) is 17.9 Å². The Morgan fingerprint density at radius 3 is 2.62 bits per heavy atom. The van der Waals surface area contributed by atoms with Gasteiger partial charge in [-0.2, -0.15) is 0 Å². The lowest BCUT2D eigenvalue weighted by atomic mass is 10.1. The third-order valence-corrected chi connectivity index (χ3v) is 4.65. The quantitative estimate of drug-likeness (QED) is 0.554. The molecular weight excluding hydrogens is 378 g/mol. The number of halogens is 2. The van der Waals surface area contributed by atoms with Crippen molar-refractivity contribution in [3.8, 4) is 16.9 Å². The average Bonchev–Trinajstić information content (AvgIpc) is 3.19. The number of fused-ring (bicyclic) bond motifs is 1. The number of rotatable bonds is 5. The molecule has 0 unspecified atom stereocenters. The molecule has 0 saturated carbocycles. The lowest BCUT2D eigenvalue weighted by molar-refractivity contribution is 0.377. The number of benzene rings is 1. The second kappa shape index (κ2) is 7.42. The number of hydrogen-bond donors (Lipinski definition) is 1. The van der Waals surface area contributed by atoms with Gasteiger partial charge >= 0.3 is 0 Å². The Bertz CT molecular complexity index is 1210. The Labute approximate surface area is 165 Å². The summed E-state index contributed by atoms with van der Waals surface area (Å²) in [5.41, 5.74) is 3.19. The van der Waals surface area contributed by atoms with Crippen LogP contribution in [0.25, 0.3) is 16.8 Å². The molecule has 1 aromatic carbocycles. The largest absolute Gasteiger partial charge is 0.493 e. The van der Waals surface area contributed by atoms with E-state index in [1.807, 2.05) is 26.0 Å². The van der Waals surface area contributed by atoms with E-state index in [2.05, 4.69) is 25.5 Å². The fourth-order valence-corrected chi connectivity index (χ4v) is 3.25. The third-order valence-electron chi connectivity index (χ3n) is 4.65. The van der Waals surface area contributed by atoms with Crippen molar-refractivity contribution in [1.82, 2.24) is 24.6 Å². The van der Waals surface area contributed by atoms with Gasteiger partial charge in [0.1, 0.15) is 23.8 Å². The van der Waals surface area contributed by atoms with Crippen molar-refractivity contribution < 1.29 is 13.5 Å². The van der Waals surface area contributed by atoms with Gasteiger partial charge in [-0.1, -0.05) is 0 Å². The van der Waals surface area contributed by atoms with Crippen LogP contribution < -0.4 is 10.1 Å². The van der Waals surface area contributed by atoms with Crippen molar-refractivity contribution in [2.45, 2.75) is 20.4 Å². The first-order valence-corrected chi connectivity index (χ1v) is 8.87. The fourth-order valence-electron chi connectivity index (χ4n) is 3.25. The summed E-state index contributed by atoms with van der Waals surface area (Å²) in [7, 11) is 1.31. The van der Waals surface area contributed by atoms with E-state index < -0.39 is 11.6 Å². The van der Waals surface area contributed by atoms with E-state index in [1.54, 1.807) is 16.9 Å². The van der Waals surface area contributed by atoms with Crippen LogP contribution in [0.15, 0.2) is 36.8 Å². The summed E-state index contributed by atoms with van der Waals surface area (Å²) in [6.45, 7) is 3.75. The highest BCUT2D eigenvalue weighted by atomic mass is 19.1.